The second kappa shape index (κ2) is 19.5. The summed E-state index contributed by atoms with van der Waals surface area (Å²) >= 11 is 0.998. The van der Waals surface area contributed by atoms with Crippen LogP contribution in [0.25, 0.3) is 0 Å². The van der Waals surface area contributed by atoms with Crippen LogP contribution in [0, 0.1) is 0 Å². The minimum Gasteiger partial charge on any atom is -0.450 e. The lowest BCUT2D eigenvalue weighted by atomic mass is 9.98. The minimum atomic E-state index is -1.50. The Morgan fingerprint density at radius 3 is 2.23 bits per heavy atom. The Morgan fingerprint density at radius 1 is 0.955 bits per heavy atom. The third-order valence-corrected chi connectivity index (χ3v) is 10.8. The molecular formula is C46H53N10O9S+. The van der Waals surface area contributed by atoms with Gasteiger partial charge >= 0.3 is 18.2 Å². The van der Waals surface area contributed by atoms with E-state index in [1.165, 1.54) is 21.3 Å². The Hall–Kier alpha value is -7.22. The smallest absolute Gasteiger partial charge is 0.413 e. The van der Waals surface area contributed by atoms with E-state index in [0.717, 1.165) is 28.0 Å². The molecule has 1 aliphatic carbocycles. The predicted octanol–water partition coefficient (Wildman–Crippen LogP) is 5.11. The van der Waals surface area contributed by atoms with E-state index in [0.29, 0.717) is 5.69 Å². The van der Waals surface area contributed by atoms with E-state index in [4.69, 9.17) is 19.0 Å². The monoisotopic (exact) mass is 921 g/mol. The van der Waals surface area contributed by atoms with Crippen molar-refractivity contribution in [3.8, 4) is 0 Å². The molecule has 7 rings (SSSR count). The van der Waals surface area contributed by atoms with Crippen LogP contribution in [0.1, 0.15) is 88.6 Å². The van der Waals surface area contributed by atoms with Gasteiger partial charge in [0.25, 0.3) is 5.91 Å². The Morgan fingerprint density at radius 2 is 1.62 bits per heavy atom. The van der Waals surface area contributed by atoms with Crippen molar-refractivity contribution in [3.63, 3.8) is 0 Å². The van der Waals surface area contributed by atoms with Crippen molar-refractivity contribution in [1.82, 2.24) is 35.5 Å². The number of carbonyl (C=O) groups is 5. The highest BCUT2D eigenvalue weighted by Gasteiger charge is 2.56. The second-order valence-electron chi connectivity index (χ2n) is 18.0. The summed E-state index contributed by atoms with van der Waals surface area (Å²) in [6.45, 7) is 10.9. The van der Waals surface area contributed by atoms with E-state index < -0.39 is 65.0 Å². The van der Waals surface area contributed by atoms with Crippen molar-refractivity contribution < 1.29 is 47.6 Å². The van der Waals surface area contributed by atoms with E-state index in [-0.39, 0.29) is 49.0 Å². The number of amides is 4. The van der Waals surface area contributed by atoms with Crippen LogP contribution in [0.5, 0.6) is 0 Å². The normalized spacial score (nSPS) is 16.6. The van der Waals surface area contributed by atoms with Crippen molar-refractivity contribution in [2.75, 3.05) is 5.32 Å². The molecule has 19 nitrogen and oxygen atoms in total. The third kappa shape index (κ3) is 12.3. The van der Waals surface area contributed by atoms with Crippen LogP contribution in [-0.4, -0.2) is 89.4 Å². The average Bonchev–Trinajstić information content (AvgIpc) is 3.69. The number of ether oxygens (including phenoxy) is 3. The second-order valence-corrected chi connectivity index (χ2v) is 18.8. The van der Waals surface area contributed by atoms with Crippen LogP contribution in [0.15, 0.2) is 102 Å². The molecule has 4 amide bonds. The van der Waals surface area contributed by atoms with Crippen LogP contribution in [-0.2, 0) is 60.1 Å². The number of nitrogens with one attached hydrogen (secondary N) is 3. The number of aryl methyl sites for hydroxylation is 1. The van der Waals surface area contributed by atoms with Gasteiger partial charge in [-0.25, -0.2) is 23.9 Å². The Bertz CT molecular complexity index is 2540. The number of benzene rings is 2. The summed E-state index contributed by atoms with van der Waals surface area (Å²) in [4.78, 5) is 80.2. The lowest BCUT2D eigenvalue weighted by Gasteiger charge is -2.36. The standard InChI is InChI=1S/C46H52N10O9S/c1-44(2,3)63-42(60)51-41-49-34(28-66-41)36(53-65-46(20-21-46)40(59)62-37(30-16-10-8-11-17-30)31-18-12-9-13-19-31)39(58)50-35-33(48-38(35)57)27-56-47-23-32(52-56)26-55(43(61)64-45(4,5)6)25-29-15-14-22-54(7)24-29/h8-19,22-24,28,33,35,37H,20-21,25-27H2,1-7H3,(H2-,48,49,50,51,57,58,60)/p+1/b53-36+/t33-,35+/m1/s1. The summed E-state index contributed by atoms with van der Waals surface area (Å²) in [7, 11) is 1.89. The van der Waals surface area contributed by atoms with Gasteiger partial charge in [-0.2, -0.15) is 15.0 Å². The fraction of sp³-hybridized carbons (Fsp3) is 0.391. The third-order valence-electron chi connectivity index (χ3n) is 10.0. The van der Waals surface area contributed by atoms with Crippen LogP contribution in [0.3, 0.4) is 0 Å². The van der Waals surface area contributed by atoms with Crippen molar-refractivity contribution >= 4 is 52.2 Å². The summed E-state index contributed by atoms with van der Waals surface area (Å²) in [5.41, 5.74) is -0.550. The molecule has 2 aromatic carbocycles. The van der Waals surface area contributed by atoms with E-state index in [9.17, 15) is 24.0 Å². The SMILES string of the molecule is C[n+]1cccc(CN(Cc2cnn(C[C@H]3NC(=O)[C@H]3NC(=O)/C(=N/OC3(C(=O)OC(c4ccccc4)c4ccccc4)CC3)c3csc(NC(=O)OC(C)(C)C)n3)n2)C(=O)OC(C)(C)C)c1. The van der Waals surface area contributed by atoms with E-state index in [1.807, 2.05) is 96.8 Å². The molecule has 0 radical (unpaired) electrons. The van der Waals surface area contributed by atoms with Gasteiger partial charge in [-0.3, -0.25) is 19.8 Å². The maximum absolute atomic E-state index is 14.2. The molecule has 0 unspecified atom stereocenters. The van der Waals surface area contributed by atoms with Gasteiger partial charge in [0.1, 0.15) is 35.7 Å². The number of hydrogen-bond donors (Lipinski definition) is 3. The number of oxime groups is 1. The van der Waals surface area contributed by atoms with Gasteiger partial charge < -0.3 is 29.7 Å². The number of rotatable bonds is 16. The van der Waals surface area contributed by atoms with Gasteiger partial charge in [0.05, 0.1) is 31.9 Å². The lowest BCUT2D eigenvalue weighted by Crippen LogP contribution is -2.70. The zero-order valence-electron chi connectivity index (χ0n) is 37.7. The molecule has 1 saturated carbocycles. The number of thiazole rings is 1. The molecule has 2 atom stereocenters. The highest BCUT2D eigenvalue weighted by Crippen LogP contribution is 2.43. The van der Waals surface area contributed by atoms with Gasteiger partial charge in [-0.1, -0.05) is 65.8 Å². The number of esters is 1. The first-order valence-corrected chi connectivity index (χ1v) is 22.2. The molecule has 0 bridgehead atoms. The molecule has 3 N–H and O–H groups in total. The van der Waals surface area contributed by atoms with Gasteiger partial charge in [0, 0.05) is 29.9 Å². The Balaban J connectivity index is 1.07. The van der Waals surface area contributed by atoms with Gasteiger partial charge in [0.15, 0.2) is 29.3 Å². The molecule has 66 heavy (non-hydrogen) atoms. The molecule has 346 valence electrons. The molecule has 1 aliphatic heterocycles. The number of nitrogens with zero attached hydrogens (tertiary/aromatic N) is 7. The Labute approximate surface area is 385 Å². The van der Waals surface area contributed by atoms with Crippen LogP contribution in [0.4, 0.5) is 14.7 Å². The molecule has 5 aromatic rings. The van der Waals surface area contributed by atoms with Crippen molar-refractivity contribution in [2.45, 2.75) is 109 Å². The highest BCUT2D eigenvalue weighted by atomic mass is 32.1. The summed E-state index contributed by atoms with van der Waals surface area (Å²) in [6, 6.07) is 20.6. The number of β-lactam (4-membered cyclic amide) rings is 1. The van der Waals surface area contributed by atoms with Gasteiger partial charge in [-0.15, -0.1) is 11.3 Å². The summed E-state index contributed by atoms with van der Waals surface area (Å²) < 4.78 is 19.0. The highest BCUT2D eigenvalue weighted by molar-refractivity contribution is 7.14. The molecular weight excluding hydrogens is 869 g/mol. The number of pyridine rings is 1. The fourth-order valence-electron chi connectivity index (χ4n) is 6.72. The fourth-order valence-corrected chi connectivity index (χ4v) is 7.40. The zero-order valence-corrected chi connectivity index (χ0v) is 38.5. The van der Waals surface area contributed by atoms with Crippen LogP contribution < -0.4 is 20.5 Å². The van der Waals surface area contributed by atoms with E-state index in [2.05, 4.69) is 36.3 Å². The van der Waals surface area contributed by atoms with Crippen molar-refractivity contribution in [1.29, 1.82) is 0 Å². The predicted molar refractivity (Wildman–Crippen MR) is 239 cm³/mol. The molecule has 0 spiro atoms. The summed E-state index contributed by atoms with van der Waals surface area (Å²) in [6.07, 6.45) is 3.80. The molecule has 2 aliphatic rings. The summed E-state index contributed by atoms with van der Waals surface area (Å²) in [5, 5.41) is 22.8. The largest absolute Gasteiger partial charge is 0.450 e. The maximum atomic E-state index is 14.2. The first kappa shape index (κ1) is 46.8. The first-order valence-electron chi connectivity index (χ1n) is 21.3. The number of hydrogen-bond acceptors (Lipinski definition) is 14. The maximum Gasteiger partial charge on any atom is 0.413 e. The molecule has 1 saturated heterocycles. The van der Waals surface area contributed by atoms with E-state index >= 15 is 0 Å². The van der Waals surface area contributed by atoms with Crippen molar-refractivity contribution in [3.05, 3.63) is 125 Å². The van der Waals surface area contributed by atoms with Crippen LogP contribution in [0.2, 0.25) is 0 Å². The quantitative estimate of drug-likeness (QED) is 0.0294. The summed E-state index contributed by atoms with van der Waals surface area (Å²) in [5.74, 6) is -2.00. The van der Waals surface area contributed by atoms with Crippen molar-refractivity contribution in [2.24, 2.45) is 12.2 Å². The minimum absolute atomic E-state index is 0.00682. The average molecular weight is 922 g/mol. The first-order chi connectivity index (χ1) is 31.3. The number of carbonyl (C=O) groups excluding carboxylic acids is 5. The van der Waals surface area contributed by atoms with Crippen LogP contribution >= 0.6 is 11.3 Å². The molecule has 4 heterocycles. The molecule has 20 heteroatoms. The Kier molecular flexibility index (Phi) is 13.8. The van der Waals surface area contributed by atoms with Gasteiger partial charge in [-0.05, 0) is 58.7 Å². The molecule has 2 fully saturated rings. The van der Waals surface area contributed by atoms with Gasteiger partial charge in [0.2, 0.25) is 11.5 Å². The zero-order chi connectivity index (χ0) is 47.2. The topological polar surface area (TPSA) is 221 Å². The number of anilines is 1. The molecule has 3 aromatic heterocycles. The van der Waals surface area contributed by atoms with E-state index in [1.54, 1.807) is 41.5 Å². The number of aromatic nitrogens is 5. The lowest BCUT2D eigenvalue weighted by molar-refractivity contribution is -0.672.